The molecule has 0 fully saturated rings. The van der Waals surface area contributed by atoms with Crippen molar-refractivity contribution in [1.82, 2.24) is 14.5 Å². The maximum absolute atomic E-state index is 8.98. The van der Waals surface area contributed by atoms with Crippen molar-refractivity contribution >= 4 is 67.8 Å². The van der Waals surface area contributed by atoms with Crippen LogP contribution in [0.15, 0.2) is 212 Å². The molecule has 9 aromatic carbocycles. The monoisotopic (exact) mass is 835 g/mol. The van der Waals surface area contributed by atoms with Crippen LogP contribution in [0, 0.1) is 10.8 Å². The lowest BCUT2D eigenvalue weighted by molar-refractivity contribution is 1.16. The SMILES string of the molecule is N=Cc1cc(-c2ccc3c(c2)c2ccc(Nc4ccc5ccccc5c4)c(C=N)c2n3-c2cccc(-c3nc(-c4ccccc4)cc(-c4ccccc4)n3)c2)ccc1Nc1ccccc1. The largest absolute Gasteiger partial charge is 0.355 e. The van der Waals surface area contributed by atoms with Gasteiger partial charge in [-0.15, -0.1) is 0 Å². The Labute approximate surface area is 376 Å². The van der Waals surface area contributed by atoms with Crippen LogP contribution in [0.3, 0.4) is 0 Å². The Morgan fingerprint density at radius 3 is 1.77 bits per heavy atom. The second kappa shape index (κ2) is 16.7. The highest BCUT2D eigenvalue weighted by molar-refractivity contribution is 6.17. The Bertz CT molecular complexity index is 3520. The zero-order valence-electron chi connectivity index (χ0n) is 35.2. The van der Waals surface area contributed by atoms with Crippen molar-refractivity contribution in [2.45, 2.75) is 0 Å². The molecular formula is C58H41N7. The molecule has 11 aromatic rings. The Balaban J connectivity index is 1.09. The Morgan fingerprint density at radius 1 is 0.415 bits per heavy atom. The summed E-state index contributed by atoms with van der Waals surface area (Å²) < 4.78 is 2.26. The molecule has 0 aliphatic rings. The molecule has 308 valence electrons. The van der Waals surface area contributed by atoms with Crippen molar-refractivity contribution < 1.29 is 0 Å². The molecule has 0 aliphatic carbocycles. The van der Waals surface area contributed by atoms with E-state index in [0.717, 1.165) is 106 Å². The van der Waals surface area contributed by atoms with Gasteiger partial charge in [0.2, 0.25) is 0 Å². The number of benzene rings is 9. The van der Waals surface area contributed by atoms with Crippen LogP contribution in [0.2, 0.25) is 0 Å². The molecule has 0 saturated carbocycles. The summed E-state index contributed by atoms with van der Waals surface area (Å²) in [4.78, 5) is 10.3. The molecule has 0 atom stereocenters. The summed E-state index contributed by atoms with van der Waals surface area (Å²) in [6.07, 6.45) is 2.86. The maximum atomic E-state index is 8.98. The van der Waals surface area contributed by atoms with Gasteiger partial charge in [0, 0.05) is 79.5 Å². The van der Waals surface area contributed by atoms with Gasteiger partial charge in [0.15, 0.2) is 5.82 Å². The van der Waals surface area contributed by atoms with Gasteiger partial charge in [-0.05, 0) is 94.7 Å². The Hall–Kier alpha value is -8.94. The van der Waals surface area contributed by atoms with Crippen molar-refractivity contribution in [1.29, 1.82) is 10.8 Å². The number of rotatable bonds is 11. The summed E-state index contributed by atoms with van der Waals surface area (Å²) in [5.41, 5.74) is 14.6. The summed E-state index contributed by atoms with van der Waals surface area (Å²) in [6.45, 7) is 0. The first-order valence-corrected chi connectivity index (χ1v) is 21.6. The highest BCUT2D eigenvalue weighted by Gasteiger charge is 2.20. The molecule has 2 heterocycles. The minimum atomic E-state index is 0.619. The van der Waals surface area contributed by atoms with Crippen molar-refractivity contribution in [3.05, 3.63) is 223 Å². The van der Waals surface area contributed by atoms with Gasteiger partial charge in [-0.1, -0.05) is 140 Å². The van der Waals surface area contributed by atoms with Gasteiger partial charge in [0.05, 0.1) is 22.4 Å². The predicted octanol–water partition coefficient (Wildman–Crippen LogP) is 14.9. The number of para-hydroxylation sites is 1. The first-order chi connectivity index (χ1) is 32.1. The normalized spacial score (nSPS) is 11.2. The minimum absolute atomic E-state index is 0.619. The molecule has 4 N–H and O–H groups in total. The summed E-state index contributed by atoms with van der Waals surface area (Å²) in [5, 5.41) is 28.8. The standard InChI is InChI=1S/C58H41N7/c59-36-45-31-42(24-28-52(45)61-46-20-8-3-9-21-46)43-25-30-56-50(34-43)49-27-29-53(62-47-26-23-38-13-10-11-18-41(38)32-47)51(37-60)57(49)65(56)48-22-12-19-44(33-48)58-63-54(39-14-4-1-5-15-39)35-55(64-58)40-16-6-2-7-17-40/h1-37,59-62H. The summed E-state index contributed by atoms with van der Waals surface area (Å²) in [5.74, 6) is 0.619. The average molecular weight is 836 g/mol. The predicted molar refractivity (Wildman–Crippen MR) is 271 cm³/mol. The number of nitrogens with one attached hydrogen (secondary N) is 4. The number of aromatic nitrogens is 3. The lowest BCUT2D eigenvalue weighted by Crippen LogP contribution is -2.01. The minimum Gasteiger partial charge on any atom is -0.355 e. The van der Waals surface area contributed by atoms with Crippen molar-refractivity contribution in [2.24, 2.45) is 0 Å². The quantitative estimate of drug-likeness (QED) is 0.0975. The van der Waals surface area contributed by atoms with E-state index in [9.17, 15) is 0 Å². The smallest absolute Gasteiger partial charge is 0.160 e. The highest BCUT2D eigenvalue weighted by Crippen LogP contribution is 2.40. The molecule has 0 amide bonds. The van der Waals surface area contributed by atoms with Crippen LogP contribution in [0.25, 0.3) is 83.3 Å². The third kappa shape index (κ3) is 7.47. The molecule has 0 unspecified atom stereocenters. The van der Waals surface area contributed by atoms with Crippen molar-refractivity contribution in [3.63, 3.8) is 0 Å². The van der Waals surface area contributed by atoms with E-state index in [1.165, 1.54) is 17.8 Å². The number of anilines is 4. The van der Waals surface area contributed by atoms with Gasteiger partial charge in [0.25, 0.3) is 0 Å². The van der Waals surface area contributed by atoms with Crippen LogP contribution in [0.1, 0.15) is 11.1 Å². The molecule has 0 spiro atoms. The number of hydrogen-bond donors (Lipinski definition) is 4. The van der Waals surface area contributed by atoms with E-state index in [0.29, 0.717) is 5.82 Å². The molecule has 0 radical (unpaired) electrons. The summed E-state index contributed by atoms with van der Waals surface area (Å²) in [7, 11) is 0. The van der Waals surface area contributed by atoms with Crippen LogP contribution in [0.5, 0.6) is 0 Å². The topological polar surface area (TPSA) is 102 Å². The maximum Gasteiger partial charge on any atom is 0.160 e. The molecular weight excluding hydrogens is 795 g/mol. The second-order valence-corrected chi connectivity index (χ2v) is 16.0. The van der Waals surface area contributed by atoms with Crippen LogP contribution < -0.4 is 10.6 Å². The van der Waals surface area contributed by atoms with E-state index >= 15 is 0 Å². The van der Waals surface area contributed by atoms with E-state index in [1.807, 2.05) is 72.8 Å². The fourth-order valence-corrected chi connectivity index (χ4v) is 8.79. The number of hydrogen-bond acceptors (Lipinski definition) is 6. The lowest BCUT2D eigenvalue weighted by atomic mass is 9.99. The molecule has 11 rings (SSSR count). The van der Waals surface area contributed by atoms with Crippen LogP contribution in [-0.2, 0) is 0 Å². The van der Waals surface area contributed by atoms with Gasteiger partial charge in [-0.25, -0.2) is 9.97 Å². The zero-order valence-corrected chi connectivity index (χ0v) is 35.2. The van der Waals surface area contributed by atoms with Crippen molar-refractivity contribution in [3.8, 4) is 50.7 Å². The number of nitrogens with zero attached hydrogens (tertiary/aromatic N) is 3. The first-order valence-electron chi connectivity index (χ1n) is 21.6. The van der Waals surface area contributed by atoms with Crippen LogP contribution >= 0.6 is 0 Å². The second-order valence-electron chi connectivity index (χ2n) is 16.0. The Kier molecular flexibility index (Phi) is 10.0. The Morgan fingerprint density at radius 2 is 1.05 bits per heavy atom. The van der Waals surface area contributed by atoms with E-state index in [2.05, 4.69) is 155 Å². The van der Waals surface area contributed by atoms with Gasteiger partial charge < -0.3 is 26.0 Å². The molecule has 0 saturated heterocycles. The van der Waals surface area contributed by atoms with Gasteiger partial charge in [-0.3, -0.25) is 0 Å². The summed E-state index contributed by atoms with van der Waals surface area (Å²) >= 11 is 0. The molecule has 0 aliphatic heterocycles. The first kappa shape index (κ1) is 38.9. The van der Waals surface area contributed by atoms with Crippen LogP contribution in [0.4, 0.5) is 22.7 Å². The van der Waals surface area contributed by atoms with Gasteiger partial charge >= 0.3 is 0 Å². The number of fused-ring (bicyclic) bond motifs is 4. The lowest BCUT2D eigenvalue weighted by Gasteiger charge is -2.15. The highest BCUT2D eigenvalue weighted by atomic mass is 15.0. The molecule has 65 heavy (non-hydrogen) atoms. The third-order valence-electron chi connectivity index (χ3n) is 12.0. The van der Waals surface area contributed by atoms with E-state index in [1.54, 1.807) is 0 Å². The summed E-state index contributed by atoms with van der Waals surface area (Å²) in [6, 6.07) is 72.6. The van der Waals surface area contributed by atoms with Crippen molar-refractivity contribution in [2.75, 3.05) is 10.6 Å². The fourth-order valence-electron chi connectivity index (χ4n) is 8.79. The molecule has 2 aromatic heterocycles. The van der Waals surface area contributed by atoms with E-state index in [-0.39, 0.29) is 0 Å². The molecule has 7 nitrogen and oxygen atoms in total. The zero-order chi connectivity index (χ0) is 43.7. The molecule has 0 bridgehead atoms. The average Bonchev–Trinajstić information content (AvgIpc) is 3.71. The van der Waals surface area contributed by atoms with Gasteiger partial charge in [0.1, 0.15) is 0 Å². The van der Waals surface area contributed by atoms with E-state index in [4.69, 9.17) is 20.8 Å². The third-order valence-corrected chi connectivity index (χ3v) is 12.0. The van der Waals surface area contributed by atoms with E-state index < -0.39 is 0 Å². The fraction of sp³-hybridized carbons (Fsp3) is 0. The molecule has 7 heteroatoms. The van der Waals surface area contributed by atoms with Crippen LogP contribution in [-0.4, -0.2) is 27.0 Å². The van der Waals surface area contributed by atoms with Gasteiger partial charge in [-0.2, -0.15) is 0 Å².